The molecule has 2 N–H and O–H groups in total. The smallest absolute Gasteiger partial charge is 0.269 e. The average molecular weight is 313 g/mol. The zero-order valence-electron chi connectivity index (χ0n) is 11.8. The number of nitrogens with two attached hydrogens (primary N) is 1. The number of nitrogens with zero attached hydrogens (tertiary/aromatic N) is 2. The van der Waals surface area contributed by atoms with Crippen molar-refractivity contribution in [3.05, 3.63) is 39.9 Å². The van der Waals surface area contributed by atoms with Gasteiger partial charge < -0.3 is 5.73 Å². The Hall–Kier alpha value is -1.51. The molecule has 0 aliphatic carbocycles. The van der Waals surface area contributed by atoms with Gasteiger partial charge in [0.1, 0.15) is 0 Å². The fourth-order valence-electron chi connectivity index (χ4n) is 2.45. The number of non-ortho nitro benzene ring substituents is 1. The minimum atomic E-state index is -3.40. The summed E-state index contributed by atoms with van der Waals surface area (Å²) < 4.78 is 26.1. The standard InChI is InChI=1S/C13H19N3O4S/c1-10(14)12-6-7-15(8-12)21(19,20)9-11-2-4-13(5-3-11)16(17)18/h2-5,10,12H,6-9,14H2,1H3. The van der Waals surface area contributed by atoms with Crippen molar-refractivity contribution in [3.8, 4) is 0 Å². The lowest BCUT2D eigenvalue weighted by Gasteiger charge is -2.18. The zero-order chi connectivity index (χ0) is 15.6. The van der Waals surface area contributed by atoms with E-state index in [0.717, 1.165) is 6.42 Å². The Morgan fingerprint density at radius 2 is 2.05 bits per heavy atom. The van der Waals surface area contributed by atoms with E-state index >= 15 is 0 Å². The van der Waals surface area contributed by atoms with Gasteiger partial charge in [0.15, 0.2) is 0 Å². The van der Waals surface area contributed by atoms with Crippen LogP contribution in [-0.2, 0) is 15.8 Å². The molecule has 116 valence electrons. The van der Waals surface area contributed by atoms with Gasteiger partial charge in [0, 0.05) is 31.3 Å². The van der Waals surface area contributed by atoms with Crippen LogP contribution < -0.4 is 5.73 Å². The Morgan fingerprint density at radius 3 is 2.52 bits per heavy atom. The molecular formula is C13H19N3O4S. The molecule has 0 amide bonds. The van der Waals surface area contributed by atoms with Gasteiger partial charge >= 0.3 is 0 Å². The van der Waals surface area contributed by atoms with Crippen molar-refractivity contribution < 1.29 is 13.3 Å². The SMILES string of the molecule is CC(N)C1CCN(S(=O)(=O)Cc2ccc([N+](=O)[O-])cc2)C1. The van der Waals surface area contributed by atoms with Crippen molar-refractivity contribution in [1.29, 1.82) is 0 Å². The maximum absolute atomic E-state index is 12.3. The highest BCUT2D eigenvalue weighted by atomic mass is 32.2. The fraction of sp³-hybridized carbons (Fsp3) is 0.538. The molecule has 0 aromatic heterocycles. The van der Waals surface area contributed by atoms with Crippen molar-refractivity contribution in [2.75, 3.05) is 13.1 Å². The first-order valence-corrected chi connectivity index (χ1v) is 8.37. The van der Waals surface area contributed by atoms with Crippen LogP contribution in [0.15, 0.2) is 24.3 Å². The first-order chi connectivity index (χ1) is 9.79. The van der Waals surface area contributed by atoms with Crippen molar-refractivity contribution in [1.82, 2.24) is 4.31 Å². The predicted octanol–water partition coefficient (Wildman–Crippen LogP) is 1.09. The van der Waals surface area contributed by atoms with Gasteiger partial charge in [0.2, 0.25) is 10.0 Å². The van der Waals surface area contributed by atoms with Crippen LogP contribution in [0, 0.1) is 16.0 Å². The van der Waals surface area contributed by atoms with Gasteiger partial charge in [-0.25, -0.2) is 12.7 Å². The first-order valence-electron chi connectivity index (χ1n) is 6.76. The molecular weight excluding hydrogens is 294 g/mol. The number of rotatable bonds is 5. The Kier molecular flexibility index (Phi) is 4.60. The van der Waals surface area contributed by atoms with Gasteiger partial charge in [0.05, 0.1) is 10.7 Å². The minimum Gasteiger partial charge on any atom is -0.328 e. The number of nitro groups is 1. The molecule has 8 heteroatoms. The molecule has 2 rings (SSSR count). The van der Waals surface area contributed by atoms with Crippen molar-refractivity contribution in [2.45, 2.75) is 25.1 Å². The average Bonchev–Trinajstić information content (AvgIpc) is 2.89. The van der Waals surface area contributed by atoms with Crippen LogP contribution in [0.3, 0.4) is 0 Å². The van der Waals surface area contributed by atoms with Crippen LogP contribution in [0.2, 0.25) is 0 Å². The van der Waals surface area contributed by atoms with E-state index in [9.17, 15) is 18.5 Å². The van der Waals surface area contributed by atoms with Gasteiger partial charge in [0.25, 0.3) is 5.69 Å². The second-order valence-corrected chi connectivity index (χ2v) is 7.41. The molecule has 0 bridgehead atoms. The van der Waals surface area contributed by atoms with Crippen molar-refractivity contribution in [2.24, 2.45) is 11.7 Å². The number of nitro benzene ring substituents is 1. The molecule has 1 aliphatic heterocycles. The zero-order valence-corrected chi connectivity index (χ0v) is 12.6. The lowest BCUT2D eigenvalue weighted by atomic mass is 10.0. The van der Waals surface area contributed by atoms with E-state index in [1.54, 1.807) is 0 Å². The molecule has 1 aliphatic rings. The Bertz CT molecular complexity index is 613. The van der Waals surface area contributed by atoms with Crippen molar-refractivity contribution >= 4 is 15.7 Å². The maximum Gasteiger partial charge on any atom is 0.269 e. The molecule has 0 saturated carbocycles. The van der Waals surface area contributed by atoms with E-state index in [4.69, 9.17) is 5.73 Å². The van der Waals surface area contributed by atoms with Crippen molar-refractivity contribution in [3.63, 3.8) is 0 Å². The van der Waals surface area contributed by atoms with E-state index in [-0.39, 0.29) is 23.4 Å². The van der Waals surface area contributed by atoms with Crippen LogP contribution in [0.25, 0.3) is 0 Å². The lowest BCUT2D eigenvalue weighted by Crippen LogP contribution is -2.33. The first kappa shape index (κ1) is 15.9. The van der Waals surface area contributed by atoms with Gasteiger partial charge in [-0.1, -0.05) is 12.1 Å². The van der Waals surface area contributed by atoms with Gasteiger partial charge in [-0.05, 0) is 24.8 Å². The molecule has 1 heterocycles. The van der Waals surface area contributed by atoms with Crippen LogP contribution in [0.5, 0.6) is 0 Å². The van der Waals surface area contributed by atoms with Crippen LogP contribution in [0.4, 0.5) is 5.69 Å². The van der Waals surface area contributed by atoms with Crippen LogP contribution >= 0.6 is 0 Å². The third-order valence-corrected chi connectivity index (χ3v) is 5.64. The van der Waals surface area contributed by atoms with E-state index in [1.807, 2.05) is 6.92 Å². The van der Waals surface area contributed by atoms with Gasteiger partial charge in [-0.2, -0.15) is 0 Å². The topological polar surface area (TPSA) is 107 Å². The monoisotopic (exact) mass is 313 g/mol. The largest absolute Gasteiger partial charge is 0.328 e. The molecule has 1 aromatic carbocycles. The molecule has 2 atom stereocenters. The molecule has 0 spiro atoms. The number of hydrogen-bond donors (Lipinski definition) is 1. The molecule has 2 unspecified atom stereocenters. The Labute approximate surface area is 123 Å². The predicted molar refractivity (Wildman–Crippen MR) is 79.0 cm³/mol. The summed E-state index contributed by atoms with van der Waals surface area (Å²) in [5.74, 6) is 0.0491. The summed E-state index contributed by atoms with van der Waals surface area (Å²) in [6.45, 7) is 2.83. The van der Waals surface area contributed by atoms with E-state index in [0.29, 0.717) is 18.7 Å². The van der Waals surface area contributed by atoms with Gasteiger partial charge in [-0.15, -0.1) is 0 Å². The summed E-state index contributed by atoms with van der Waals surface area (Å²) in [6, 6.07) is 5.58. The number of sulfonamides is 1. The summed E-state index contributed by atoms with van der Waals surface area (Å²) in [5, 5.41) is 10.6. The van der Waals surface area contributed by atoms with E-state index in [1.165, 1.54) is 28.6 Å². The number of benzene rings is 1. The van der Waals surface area contributed by atoms with Crippen LogP contribution in [0.1, 0.15) is 18.9 Å². The lowest BCUT2D eigenvalue weighted by molar-refractivity contribution is -0.384. The molecule has 7 nitrogen and oxygen atoms in total. The summed E-state index contributed by atoms with van der Waals surface area (Å²) >= 11 is 0. The third-order valence-electron chi connectivity index (χ3n) is 3.82. The Balaban J connectivity index is 2.06. The molecule has 1 saturated heterocycles. The highest BCUT2D eigenvalue weighted by Crippen LogP contribution is 2.24. The second-order valence-electron chi connectivity index (χ2n) is 5.45. The summed E-state index contributed by atoms with van der Waals surface area (Å²) in [7, 11) is -3.40. The van der Waals surface area contributed by atoms with E-state index < -0.39 is 14.9 Å². The third kappa shape index (κ3) is 3.78. The second kappa shape index (κ2) is 6.08. The molecule has 1 aromatic rings. The highest BCUT2D eigenvalue weighted by molar-refractivity contribution is 7.88. The summed E-state index contributed by atoms with van der Waals surface area (Å²) in [4.78, 5) is 10.1. The molecule has 0 radical (unpaired) electrons. The van der Waals surface area contributed by atoms with E-state index in [2.05, 4.69) is 0 Å². The summed E-state index contributed by atoms with van der Waals surface area (Å²) in [5.41, 5.74) is 6.31. The quantitative estimate of drug-likeness (QED) is 0.647. The van der Waals surface area contributed by atoms with Crippen LogP contribution in [-0.4, -0.2) is 36.8 Å². The highest BCUT2D eigenvalue weighted by Gasteiger charge is 2.32. The summed E-state index contributed by atoms with van der Waals surface area (Å²) in [6.07, 6.45) is 0.775. The Morgan fingerprint density at radius 1 is 1.43 bits per heavy atom. The normalized spacial score (nSPS) is 21.3. The molecule has 1 fully saturated rings. The number of hydrogen-bond acceptors (Lipinski definition) is 5. The maximum atomic E-state index is 12.3. The minimum absolute atomic E-state index is 0.0235. The molecule has 21 heavy (non-hydrogen) atoms. The fourth-order valence-corrected chi connectivity index (χ4v) is 4.05. The van der Waals surface area contributed by atoms with Gasteiger partial charge in [-0.3, -0.25) is 10.1 Å².